The Morgan fingerprint density at radius 2 is 0.905 bits per heavy atom. The molecule has 214 valence electrons. The number of rotatable bonds is 5. The van der Waals surface area contributed by atoms with Crippen LogP contribution in [0.4, 0.5) is 0 Å². The van der Waals surface area contributed by atoms with E-state index in [-0.39, 0.29) is 46.6 Å². The summed E-state index contributed by atoms with van der Waals surface area (Å²) >= 11 is 0. The third-order valence-corrected chi connectivity index (χ3v) is 7.52. The fourth-order valence-electron chi connectivity index (χ4n) is 5.44. The molecule has 2 atom stereocenters. The van der Waals surface area contributed by atoms with E-state index in [1.165, 1.54) is 14.2 Å². The van der Waals surface area contributed by atoms with Crippen LogP contribution in [0.3, 0.4) is 0 Å². The van der Waals surface area contributed by atoms with Gasteiger partial charge in [0.25, 0.3) is 0 Å². The molecule has 0 saturated heterocycles. The summed E-state index contributed by atoms with van der Waals surface area (Å²) in [6, 6.07) is 15.7. The Labute approximate surface area is 239 Å². The Kier molecular flexibility index (Phi) is 6.53. The second-order valence-electron chi connectivity index (χ2n) is 10.0. The quantitative estimate of drug-likeness (QED) is 0.238. The van der Waals surface area contributed by atoms with Gasteiger partial charge in [0.2, 0.25) is 0 Å². The molecule has 0 fully saturated rings. The number of fused-ring (bicyclic) bond motifs is 2. The molecule has 4 aromatic carbocycles. The predicted octanol–water partition coefficient (Wildman–Crippen LogP) is 5.61. The van der Waals surface area contributed by atoms with E-state index in [1.807, 2.05) is 0 Å². The van der Waals surface area contributed by atoms with Gasteiger partial charge in [-0.05, 0) is 35.4 Å². The lowest BCUT2D eigenvalue weighted by molar-refractivity contribution is 0.0831. The summed E-state index contributed by atoms with van der Waals surface area (Å²) in [6.45, 7) is 0. The van der Waals surface area contributed by atoms with Crippen molar-refractivity contribution in [2.75, 3.05) is 14.2 Å². The maximum Gasteiger partial charge on any atom is 0.174 e. The summed E-state index contributed by atoms with van der Waals surface area (Å²) in [5.41, 5.74) is 0.529. The van der Waals surface area contributed by atoms with Crippen molar-refractivity contribution in [2.24, 2.45) is 0 Å². The molecule has 2 aliphatic rings. The molecular formula is C32H26O10. The number of benzene rings is 4. The molecule has 0 aromatic heterocycles. The maximum atomic E-state index is 13.3. The van der Waals surface area contributed by atoms with Crippen molar-refractivity contribution in [3.63, 3.8) is 0 Å². The third kappa shape index (κ3) is 4.37. The number of hydrogen-bond donors (Lipinski definition) is 4. The van der Waals surface area contributed by atoms with Crippen LogP contribution in [0.1, 0.15) is 56.9 Å². The van der Waals surface area contributed by atoms with Crippen LogP contribution in [0.25, 0.3) is 11.1 Å². The Balaban J connectivity index is 1.52. The molecule has 0 spiro atoms. The van der Waals surface area contributed by atoms with E-state index in [4.69, 9.17) is 18.9 Å². The first-order valence-electron chi connectivity index (χ1n) is 13.1. The van der Waals surface area contributed by atoms with Gasteiger partial charge in [-0.25, -0.2) is 0 Å². The van der Waals surface area contributed by atoms with Crippen LogP contribution in [-0.2, 0) is 0 Å². The Morgan fingerprint density at radius 3 is 1.24 bits per heavy atom. The Bertz CT molecular complexity index is 1600. The minimum absolute atomic E-state index is 0.106. The van der Waals surface area contributed by atoms with E-state index in [2.05, 4.69) is 0 Å². The van der Waals surface area contributed by atoms with Crippen LogP contribution in [0.2, 0.25) is 0 Å². The summed E-state index contributed by atoms with van der Waals surface area (Å²) in [5, 5.41) is 43.5. The highest BCUT2D eigenvalue weighted by molar-refractivity contribution is 6.09. The first kappa shape index (κ1) is 26.8. The predicted molar refractivity (Wildman–Crippen MR) is 149 cm³/mol. The van der Waals surface area contributed by atoms with Crippen LogP contribution in [0.15, 0.2) is 60.7 Å². The molecule has 0 aliphatic carbocycles. The van der Waals surface area contributed by atoms with Crippen molar-refractivity contribution in [2.45, 2.75) is 25.0 Å². The van der Waals surface area contributed by atoms with Crippen molar-refractivity contribution in [3.8, 4) is 57.1 Å². The standard InChI is InChI=1S/C32H26O10/c1-39-17-7-3-15(4-8-17)25-13-23(37)27-19(33)11-21(35)29(31(27)41-25)30-22(36)12-20(34)28-24(38)14-26(42-32(28)30)16-5-9-18(40-2)10-6-16/h3-12,25-26,33-36H,13-14H2,1-2H3. The van der Waals surface area contributed by atoms with Crippen LogP contribution < -0.4 is 18.9 Å². The molecule has 0 saturated carbocycles. The fourth-order valence-corrected chi connectivity index (χ4v) is 5.44. The Morgan fingerprint density at radius 1 is 0.571 bits per heavy atom. The molecule has 10 nitrogen and oxygen atoms in total. The van der Waals surface area contributed by atoms with Crippen molar-refractivity contribution in [1.82, 2.24) is 0 Å². The second kappa shape index (κ2) is 10.2. The van der Waals surface area contributed by atoms with Crippen molar-refractivity contribution in [3.05, 3.63) is 82.9 Å². The van der Waals surface area contributed by atoms with E-state index >= 15 is 0 Å². The maximum absolute atomic E-state index is 13.3. The van der Waals surface area contributed by atoms with Gasteiger partial charge in [0.15, 0.2) is 11.6 Å². The molecule has 42 heavy (non-hydrogen) atoms. The van der Waals surface area contributed by atoms with Gasteiger partial charge in [-0.2, -0.15) is 0 Å². The molecule has 4 N–H and O–H groups in total. The number of phenols is 4. The molecule has 0 amide bonds. The fraction of sp³-hybridized carbons (Fsp3) is 0.188. The second-order valence-corrected chi connectivity index (χ2v) is 10.0. The highest BCUT2D eigenvalue weighted by Crippen LogP contribution is 2.57. The monoisotopic (exact) mass is 570 g/mol. The van der Waals surface area contributed by atoms with Crippen molar-refractivity contribution in [1.29, 1.82) is 0 Å². The number of ether oxygens (including phenoxy) is 4. The molecule has 10 heteroatoms. The van der Waals surface area contributed by atoms with Crippen LogP contribution in [-0.4, -0.2) is 46.2 Å². The normalized spacial score (nSPS) is 17.5. The zero-order valence-electron chi connectivity index (χ0n) is 22.6. The summed E-state index contributed by atoms with van der Waals surface area (Å²) in [7, 11) is 3.06. The van der Waals surface area contributed by atoms with Gasteiger partial charge in [0.1, 0.15) is 69.3 Å². The van der Waals surface area contributed by atoms with E-state index in [1.54, 1.807) is 48.5 Å². The summed E-state index contributed by atoms with van der Waals surface area (Å²) in [6.07, 6.45) is -1.82. The highest BCUT2D eigenvalue weighted by atomic mass is 16.5. The minimum atomic E-state index is -0.805. The number of carbonyl (C=O) groups excluding carboxylic acids is 2. The number of hydrogen-bond acceptors (Lipinski definition) is 10. The summed E-state index contributed by atoms with van der Waals surface area (Å²) < 4.78 is 22.9. The van der Waals surface area contributed by atoms with Gasteiger partial charge in [0, 0.05) is 12.1 Å². The topological polar surface area (TPSA) is 152 Å². The number of phenolic OH excluding ortho intramolecular Hbond substituents is 4. The largest absolute Gasteiger partial charge is 0.507 e. The number of aromatic hydroxyl groups is 4. The summed E-state index contributed by atoms with van der Waals surface area (Å²) in [5.74, 6) is -2.22. The lowest BCUT2D eigenvalue weighted by Crippen LogP contribution is -2.22. The average Bonchev–Trinajstić information content (AvgIpc) is 2.97. The molecule has 2 unspecified atom stereocenters. The van der Waals surface area contributed by atoms with Gasteiger partial charge >= 0.3 is 0 Å². The molecule has 0 bridgehead atoms. The van der Waals surface area contributed by atoms with Crippen LogP contribution in [0.5, 0.6) is 46.0 Å². The van der Waals surface area contributed by atoms with Crippen LogP contribution >= 0.6 is 0 Å². The highest BCUT2D eigenvalue weighted by Gasteiger charge is 2.39. The minimum Gasteiger partial charge on any atom is -0.507 e. The third-order valence-electron chi connectivity index (χ3n) is 7.52. The number of methoxy groups -OCH3 is 2. The molecular weight excluding hydrogens is 544 g/mol. The molecule has 4 aromatic rings. The zero-order chi connectivity index (χ0) is 29.7. The first-order chi connectivity index (χ1) is 20.2. The SMILES string of the molecule is COc1ccc(C2CC(=O)c3c(O)cc(O)c(-c4c(O)cc(O)c5c4OC(c4ccc(OC)cc4)CC5=O)c3O2)cc1. The Hall–Kier alpha value is -5.38. The van der Waals surface area contributed by atoms with E-state index in [9.17, 15) is 30.0 Å². The molecule has 2 aliphatic heterocycles. The van der Waals surface area contributed by atoms with Gasteiger partial charge in [-0.15, -0.1) is 0 Å². The lowest BCUT2D eigenvalue weighted by atomic mass is 9.87. The van der Waals surface area contributed by atoms with Gasteiger partial charge < -0.3 is 39.4 Å². The molecule has 2 heterocycles. The van der Waals surface area contributed by atoms with Crippen LogP contribution in [0, 0.1) is 0 Å². The van der Waals surface area contributed by atoms with Crippen molar-refractivity contribution >= 4 is 11.6 Å². The lowest BCUT2D eigenvalue weighted by Gasteiger charge is -2.31. The van der Waals surface area contributed by atoms with Crippen molar-refractivity contribution < 1.29 is 49.0 Å². The van der Waals surface area contributed by atoms with Gasteiger partial charge in [0.05, 0.1) is 38.2 Å². The van der Waals surface area contributed by atoms with E-state index in [0.717, 1.165) is 12.1 Å². The van der Waals surface area contributed by atoms with E-state index < -0.39 is 46.8 Å². The van der Waals surface area contributed by atoms with Gasteiger partial charge in [-0.1, -0.05) is 24.3 Å². The zero-order valence-corrected chi connectivity index (χ0v) is 22.6. The number of carbonyl (C=O) groups is 2. The smallest absolute Gasteiger partial charge is 0.174 e. The summed E-state index contributed by atoms with van der Waals surface area (Å²) in [4.78, 5) is 26.7. The average molecular weight is 571 g/mol. The number of Topliss-reactive ketones (excluding diaryl/α,β-unsaturated/α-hetero) is 2. The first-order valence-corrected chi connectivity index (χ1v) is 13.1. The van der Waals surface area contributed by atoms with Gasteiger partial charge in [-0.3, -0.25) is 9.59 Å². The van der Waals surface area contributed by atoms with E-state index in [0.29, 0.717) is 22.6 Å². The molecule has 0 radical (unpaired) electrons. The number of ketones is 2. The molecule has 6 rings (SSSR count).